The lowest BCUT2D eigenvalue weighted by molar-refractivity contribution is -0.128. The monoisotopic (exact) mass is 319 g/mol. The second-order valence-electron chi connectivity index (χ2n) is 6.67. The fraction of sp³-hybridized carbons (Fsp3) is 0.500. The minimum atomic E-state index is -0.884. The van der Waals surface area contributed by atoms with E-state index in [4.69, 9.17) is 11.6 Å². The number of hydrogen-bond donors (Lipinski definition) is 2. The molecule has 0 radical (unpaired) electrons. The van der Waals surface area contributed by atoms with Crippen LogP contribution in [-0.2, 0) is 10.4 Å². The van der Waals surface area contributed by atoms with Crippen LogP contribution in [0.4, 0.5) is 0 Å². The first-order valence-corrected chi connectivity index (χ1v) is 7.95. The van der Waals surface area contributed by atoms with Gasteiger partial charge in [-0.15, -0.1) is 0 Å². The fourth-order valence-corrected chi connectivity index (χ4v) is 4.45. The van der Waals surface area contributed by atoms with E-state index in [1.807, 2.05) is 17.0 Å². The number of benzene rings is 1. The number of rotatable bonds is 1. The average Bonchev–Trinajstić information content (AvgIpc) is 3.10. The molecule has 22 heavy (non-hydrogen) atoms. The molecule has 1 saturated carbocycles. The van der Waals surface area contributed by atoms with Gasteiger partial charge in [-0.2, -0.15) is 5.10 Å². The van der Waals surface area contributed by atoms with Crippen molar-refractivity contribution in [2.75, 3.05) is 13.1 Å². The lowest BCUT2D eigenvalue weighted by Crippen LogP contribution is -2.31. The minimum absolute atomic E-state index is 0.123. The van der Waals surface area contributed by atoms with Crippen LogP contribution >= 0.6 is 11.6 Å². The summed E-state index contributed by atoms with van der Waals surface area (Å²) >= 11 is 6.19. The van der Waals surface area contributed by atoms with Crippen LogP contribution in [0.1, 0.15) is 25.3 Å². The van der Waals surface area contributed by atoms with E-state index in [1.54, 1.807) is 13.1 Å². The number of aromatic nitrogens is 2. The van der Waals surface area contributed by atoms with Crippen LogP contribution in [0.3, 0.4) is 0 Å². The van der Waals surface area contributed by atoms with Gasteiger partial charge in [0.1, 0.15) is 0 Å². The minimum Gasteiger partial charge on any atom is -0.385 e. The Kier molecular flexibility index (Phi) is 3.00. The summed E-state index contributed by atoms with van der Waals surface area (Å²) in [5, 5.41) is 19.7. The second kappa shape index (κ2) is 4.70. The van der Waals surface area contributed by atoms with E-state index >= 15 is 0 Å². The summed E-state index contributed by atoms with van der Waals surface area (Å²) in [7, 11) is 0. The summed E-state index contributed by atoms with van der Waals surface area (Å²) in [5.41, 5.74) is 0.816. The van der Waals surface area contributed by atoms with E-state index in [-0.39, 0.29) is 5.91 Å². The number of carbonyl (C=O) groups excluding carboxylic acids is 1. The first kappa shape index (κ1) is 14.0. The van der Waals surface area contributed by atoms with Gasteiger partial charge in [0.15, 0.2) is 0 Å². The number of amides is 1. The number of nitrogens with one attached hydrogen (secondary N) is 1. The molecule has 0 bridgehead atoms. The van der Waals surface area contributed by atoms with Gasteiger partial charge in [-0.3, -0.25) is 9.89 Å². The highest BCUT2D eigenvalue weighted by atomic mass is 35.5. The molecule has 1 saturated heterocycles. The molecule has 2 N–H and O–H groups in total. The number of fused-ring (bicyclic) bond motifs is 2. The second-order valence-corrected chi connectivity index (χ2v) is 7.11. The molecule has 1 amide bonds. The van der Waals surface area contributed by atoms with Crippen molar-refractivity contribution in [1.29, 1.82) is 0 Å². The van der Waals surface area contributed by atoms with E-state index in [0.29, 0.717) is 29.7 Å². The average molecular weight is 320 g/mol. The van der Waals surface area contributed by atoms with Crippen molar-refractivity contribution in [3.8, 4) is 0 Å². The molecule has 0 spiro atoms. The topological polar surface area (TPSA) is 69.2 Å². The van der Waals surface area contributed by atoms with E-state index in [0.717, 1.165) is 29.6 Å². The Morgan fingerprint density at radius 1 is 1.41 bits per heavy atom. The van der Waals surface area contributed by atoms with Crippen molar-refractivity contribution in [1.82, 2.24) is 15.1 Å². The Bertz CT molecular complexity index is 743. The molecule has 3 atom stereocenters. The Balaban J connectivity index is 1.69. The molecule has 5 nitrogen and oxygen atoms in total. The van der Waals surface area contributed by atoms with Gasteiger partial charge in [-0.25, -0.2) is 0 Å². The predicted octanol–water partition coefficient (Wildman–Crippen LogP) is 2.29. The SMILES string of the molecule is CC(=O)N1C[C@@H]2CC(O)(c3cc(Cl)cc4[nH]ncc34)C[C@@H]2C1. The first-order chi connectivity index (χ1) is 10.5. The number of halogens is 1. The Morgan fingerprint density at radius 2 is 2.09 bits per heavy atom. The maximum absolute atomic E-state index is 11.5. The molecule has 2 aromatic rings. The molecule has 1 aliphatic heterocycles. The summed E-state index contributed by atoms with van der Waals surface area (Å²) in [6, 6.07) is 3.67. The number of carbonyl (C=O) groups is 1. The summed E-state index contributed by atoms with van der Waals surface area (Å²) in [6.07, 6.45) is 3.08. The number of hydrogen-bond acceptors (Lipinski definition) is 3. The van der Waals surface area contributed by atoms with Crippen LogP contribution in [0.2, 0.25) is 5.02 Å². The molecule has 1 unspecified atom stereocenters. The van der Waals surface area contributed by atoms with Crippen LogP contribution in [-0.4, -0.2) is 39.2 Å². The maximum Gasteiger partial charge on any atom is 0.219 e. The van der Waals surface area contributed by atoms with E-state index in [2.05, 4.69) is 10.2 Å². The zero-order chi connectivity index (χ0) is 15.5. The molecule has 2 fully saturated rings. The van der Waals surface area contributed by atoms with Crippen LogP contribution in [0.25, 0.3) is 10.9 Å². The number of aromatic amines is 1. The molecule has 1 aromatic heterocycles. The van der Waals surface area contributed by atoms with Gasteiger partial charge in [-0.05, 0) is 42.4 Å². The Morgan fingerprint density at radius 3 is 2.73 bits per heavy atom. The van der Waals surface area contributed by atoms with Crippen molar-refractivity contribution in [3.05, 3.63) is 28.9 Å². The van der Waals surface area contributed by atoms with Crippen LogP contribution < -0.4 is 0 Å². The standard InChI is InChI=1S/C16H18ClN3O2/c1-9(21)20-7-10-4-16(22,5-11(10)8-20)14-2-12(17)3-15-13(14)6-18-19-15/h2-3,6,10-11,22H,4-5,7-8H2,1H3,(H,18,19)/t10-,11+,16?. The lowest BCUT2D eigenvalue weighted by Gasteiger charge is -2.27. The van der Waals surface area contributed by atoms with Crippen molar-refractivity contribution in [3.63, 3.8) is 0 Å². The summed E-state index contributed by atoms with van der Waals surface area (Å²) in [6.45, 7) is 3.11. The molecule has 116 valence electrons. The third kappa shape index (κ3) is 2.03. The molecule has 6 heteroatoms. The third-order valence-electron chi connectivity index (χ3n) is 5.25. The van der Waals surface area contributed by atoms with E-state index < -0.39 is 5.60 Å². The molecule has 1 aliphatic carbocycles. The summed E-state index contributed by atoms with van der Waals surface area (Å²) < 4.78 is 0. The number of nitrogens with zero attached hydrogens (tertiary/aromatic N) is 2. The predicted molar refractivity (Wildman–Crippen MR) is 83.5 cm³/mol. The van der Waals surface area contributed by atoms with Crippen molar-refractivity contribution in [2.24, 2.45) is 11.8 Å². The molecule has 1 aromatic carbocycles. The first-order valence-electron chi connectivity index (χ1n) is 7.57. The number of aliphatic hydroxyl groups is 1. The van der Waals surface area contributed by atoms with Gasteiger partial charge in [0, 0.05) is 30.4 Å². The molecular weight excluding hydrogens is 302 g/mol. The maximum atomic E-state index is 11.5. The highest BCUT2D eigenvalue weighted by Crippen LogP contribution is 2.50. The van der Waals surface area contributed by atoms with Crippen molar-refractivity contribution >= 4 is 28.4 Å². The number of H-pyrrole nitrogens is 1. The summed E-state index contributed by atoms with van der Waals surface area (Å²) in [4.78, 5) is 13.4. The Hall–Kier alpha value is -1.59. The molecule has 4 rings (SSSR count). The highest BCUT2D eigenvalue weighted by Gasteiger charge is 2.50. The van der Waals surface area contributed by atoms with Gasteiger partial charge >= 0.3 is 0 Å². The lowest BCUT2D eigenvalue weighted by atomic mass is 9.88. The van der Waals surface area contributed by atoms with Gasteiger partial charge in [0.2, 0.25) is 5.91 Å². The smallest absolute Gasteiger partial charge is 0.219 e. The normalized spacial score (nSPS) is 31.0. The van der Waals surface area contributed by atoms with Crippen LogP contribution in [0, 0.1) is 11.8 Å². The quantitative estimate of drug-likeness (QED) is 0.847. The Labute approximate surface area is 133 Å². The highest BCUT2D eigenvalue weighted by molar-refractivity contribution is 6.31. The van der Waals surface area contributed by atoms with Gasteiger partial charge in [0.25, 0.3) is 0 Å². The third-order valence-corrected chi connectivity index (χ3v) is 5.46. The van der Waals surface area contributed by atoms with Crippen molar-refractivity contribution in [2.45, 2.75) is 25.4 Å². The molecule has 2 heterocycles. The van der Waals surface area contributed by atoms with E-state index in [1.165, 1.54) is 0 Å². The van der Waals surface area contributed by atoms with Gasteiger partial charge < -0.3 is 10.0 Å². The zero-order valence-electron chi connectivity index (χ0n) is 12.3. The van der Waals surface area contributed by atoms with E-state index in [9.17, 15) is 9.90 Å². The van der Waals surface area contributed by atoms with Crippen molar-refractivity contribution < 1.29 is 9.90 Å². The largest absolute Gasteiger partial charge is 0.385 e. The zero-order valence-corrected chi connectivity index (χ0v) is 13.1. The van der Waals surface area contributed by atoms with Crippen LogP contribution in [0.5, 0.6) is 0 Å². The molecular formula is C16H18ClN3O2. The molecule has 2 aliphatic rings. The fourth-order valence-electron chi connectivity index (χ4n) is 4.23. The van der Waals surface area contributed by atoms with Gasteiger partial charge in [0.05, 0.1) is 17.3 Å². The number of likely N-dealkylation sites (tertiary alicyclic amines) is 1. The van der Waals surface area contributed by atoms with Gasteiger partial charge in [-0.1, -0.05) is 11.6 Å². The van der Waals surface area contributed by atoms with Crippen LogP contribution in [0.15, 0.2) is 18.3 Å². The summed E-state index contributed by atoms with van der Waals surface area (Å²) in [5.74, 6) is 0.836.